The van der Waals surface area contributed by atoms with Gasteiger partial charge in [0.2, 0.25) is 5.91 Å². The summed E-state index contributed by atoms with van der Waals surface area (Å²) in [4.78, 5) is 39.7. The first-order chi connectivity index (χ1) is 13.3. The van der Waals surface area contributed by atoms with Gasteiger partial charge in [0.25, 0.3) is 5.91 Å². The average Bonchev–Trinajstić information content (AvgIpc) is 2.86. The van der Waals surface area contributed by atoms with E-state index in [2.05, 4.69) is 5.32 Å². The lowest BCUT2D eigenvalue weighted by Gasteiger charge is -2.20. The third kappa shape index (κ3) is 3.99. The average molecular weight is 404 g/mol. The van der Waals surface area contributed by atoms with Crippen molar-refractivity contribution in [1.82, 2.24) is 10.2 Å². The number of hydrogen-bond donors (Lipinski definition) is 1. The van der Waals surface area contributed by atoms with Crippen LogP contribution in [0.5, 0.6) is 0 Å². The quantitative estimate of drug-likeness (QED) is 0.776. The highest BCUT2D eigenvalue weighted by atomic mass is 35.5. The van der Waals surface area contributed by atoms with E-state index in [9.17, 15) is 18.8 Å². The maximum Gasteiger partial charge on any atom is 0.332 e. The second-order valence-corrected chi connectivity index (χ2v) is 7.01. The minimum Gasteiger partial charge on any atom is -0.348 e. The number of urea groups is 1. The van der Waals surface area contributed by atoms with Gasteiger partial charge in [0.05, 0.1) is 6.04 Å². The van der Waals surface area contributed by atoms with Gasteiger partial charge in [-0.25, -0.2) is 9.18 Å². The SMILES string of the molecule is C[C@@H](NC(=O)CN1C(=O)[C@H](C)N(c2ccc(F)cc2)C1=O)c1ccc(Cl)cc1. The Morgan fingerprint density at radius 3 is 2.36 bits per heavy atom. The van der Waals surface area contributed by atoms with Gasteiger partial charge in [0.1, 0.15) is 18.4 Å². The Balaban J connectivity index is 1.68. The minimum absolute atomic E-state index is 0.316. The van der Waals surface area contributed by atoms with Gasteiger partial charge in [-0.1, -0.05) is 23.7 Å². The molecule has 0 unspecified atom stereocenters. The molecule has 0 saturated carbocycles. The fourth-order valence-corrected chi connectivity index (χ4v) is 3.20. The molecular weight excluding hydrogens is 385 g/mol. The van der Waals surface area contributed by atoms with E-state index in [1.807, 2.05) is 0 Å². The van der Waals surface area contributed by atoms with Crippen molar-refractivity contribution < 1.29 is 18.8 Å². The van der Waals surface area contributed by atoms with Crippen LogP contribution < -0.4 is 10.2 Å². The van der Waals surface area contributed by atoms with E-state index in [1.54, 1.807) is 38.1 Å². The molecule has 2 atom stereocenters. The number of benzene rings is 2. The molecule has 4 amide bonds. The molecule has 1 heterocycles. The molecule has 1 N–H and O–H groups in total. The topological polar surface area (TPSA) is 69.7 Å². The van der Waals surface area contributed by atoms with Crippen LogP contribution in [0.4, 0.5) is 14.9 Å². The maximum atomic E-state index is 13.1. The normalized spacial score (nSPS) is 17.8. The number of nitrogens with zero attached hydrogens (tertiary/aromatic N) is 2. The number of rotatable bonds is 5. The van der Waals surface area contributed by atoms with Crippen molar-refractivity contribution >= 4 is 35.1 Å². The summed E-state index contributed by atoms with van der Waals surface area (Å²) in [5.41, 5.74) is 1.24. The molecule has 0 aromatic heterocycles. The van der Waals surface area contributed by atoms with Crippen LogP contribution in [0.2, 0.25) is 5.02 Å². The zero-order valence-corrected chi connectivity index (χ0v) is 16.1. The standard InChI is InChI=1S/C20H19ClFN3O3/c1-12(14-3-5-15(21)6-4-14)23-18(26)11-24-19(27)13(2)25(20(24)28)17-9-7-16(22)8-10-17/h3-10,12-13H,11H2,1-2H3,(H,23,26)/t12-,13+/m1/s1. The monoisotopic (exact) mass is 403 g/mol. The van der Waals surface area contributed by atoms with Crippen molar-refractivity contribution in [2.45, 2.75) is 25.9 Å². The van der Waals surface area contributed by atoms with Crippen LogP contribution in [-0.4, -0.2) is 35.3 Å². The Hall–Kier alpha value is -2.93. The molecule has 1 aliphatic rings. The number of carbonyl (C=O) groups is 3. The second kappa shape index (κ2) is 7.98. The van der Waals surface area contributed by atoms with Crippen LogP contribution in [0.25, 0.3) is 0 Å². The van der Waals surface area contributed by atoms with Crippen LogP contribution in [0.1, 0.15) is 25.5 Å². The lowest BCUT2D eigenvalue weighted by molar-refractivity contribution is -0.132. The predicted octanol–water partition coefficient (Wildman–Crippen LogP) is 3.51. The molecule has 0 aliphatic carbocycles. The maximum absolute atomic E-state index is 13.1. The molecule has 8 heteroatoms. The highest BCUT2D eigenvalue weighted by molar-refractivity contribution is 6.30. The Bertz CT molecular complexity index is 902. The molecule has 1 saturated heterocycles. The summed E-state index contributed by atoms with van der Waals surface area (Å²) >= 11 is 5.86. The largest absolute Gasteiger partial charge is 0.348 e. The van der Waals surface area contributed by atoms with E-state index in [1.165, 1.54) is 29.2 Å². The molecule has 1 fully saturated rings. The zero-order valence-electron chi connectivity index (χ0n) is 15.4. The smallest absolute Gasteiger partial charge is 0.332 e. The number of anilines is 1. The molecule has 3 rings (SSSR count). The van der Waals surface area contributed by atoms with E-state index in [4.69, 9.17) is 11.6 Å². The Morgan fingerprint density at radius 1 is 1.14 bits per heavy atom. The lowest BCUT2D eigenvalue weighted by atomic mass is 10.1. The van der Waals surface area contributed by atoms with Crippen LogP contribution in [0.15, 0.2) is 48.5 Å². The number of imide groups is 1. The highest BCUT2D eigenvalue weighted by Crippen LogP contribution is 2.26. The first kappa shape index (κ1) is 19.8. The number of amides is 4. The highest BCUT2D eigenvalue weighted by Gasteiger charge is 2.44. The summed E-state index contributed by atoms with van der Waals surface area (Å²) < 4.78 is 13.1. The van der Waals surface area contributed by atoms with Gasteiger partial charge in [-0.2, -0.15) is 0 Å². The predicted molar refractivity (Wildman–Crippen MR) is 103 cm³/mol. The van der Waals surface area contributed by atoms with Crippen molar-refractivity contribution in [3.05, 3.63) is 64.9 Å². The number of hydrogen-bond acceptors (Lipinski definition) is 3. The van der Waals surface area contributed by atoms with Gasteiger partial charge in [0.15, 0.2) is 0 Å². The molecule has 0 spiro atoms. The third-order valence-electron chi connectivity index (χ3n) is 4.60. The number of nitrogens with one attached hydrogen (secondary N) is 1. The van der Waals surface area contributed by atoms with E-state index in [0.29, 0.717) is 10.7 Å². The first-order valence-electron chi connectivity index (χ1n) is 8.73. The zero-order chi connectivity index (χ0) is 20.4. The lowest BCUT2D eigenvalue weighted by Crippen LogP contribution is -2.42. The van der Waals surface area contributed by atoms with Gasteiger partial charge in [-0.15, -0.1) is 0 Å². The molecule has 6 nitrogen and oxygen atoms in total. The summed E-state index contributed by atoms with van der Waals surface area (Å²) in [5.74, 6) is -1.39. The van der Waals surface area contributed by atoms with Crippen molar-refractivity contribution in [3.63, 3.8) is 0 Å². The number of halogens is 2. The minimum atomic E-state index is -0.778. The Labute approximate surface area is 166 Å². The summed E-state index contributed by atoms with van der Waals surface area (Å²) in [7, 11) is 0. The Kier molecular flexibility index (Phi) is 5.65. The summed E-state index contributed by atoms with van der Waals surface area (Å²) in [6, 6.07) is 10.6. The van der Waals surface area contributed by atoms with Crippen molar-refractivity contribution in [3.8, 4) is 0 Å². The molecule has 28 heavy (non-hydrogen) atoms. The summed E-state index contributed by atoms with van der Waals surface area (Å²) in [5, 5.41) is 3.35. The van der Waals surface area contributed by atoms with Gasteiger partial charge < -0.3 is 5.32 Å². The molecule has 1 aliphatic heterocycles. The van der Waals surface area contributed by atoms with Crippen LogP contribution in [0.3, 0.4) is 0 Å². The van der Waals surface area contributed by atoms with Crippen molar-refractivity contribution in [2.75, 3.05) is 11.4 Å². The van der Waals surface area contributed by atoms with E-state index in [-0.39, 0.29) is 6.04 Å². The molecule has 0 radical (unpaired) electrons. The van der Waals surface area contributed by atoms with Crippen LogP contribution in [-0.2, 0) is 9.59 Å². The van der Waals surface area contributed by atoms with E-state index >= 15 is 0 Å². The molecular formula is C20H19ClFN3O3. The fourth-order valence-electron chi connectivity index (χ4n) is 3.07. The fraction of sp³-hybridized carbons (Fsp3) is 0.250. The summed E-state index contributed by atoms with van der Waals surface area (Å²) in [6.07, 6.45) is 0. The first-order valence-corrected chi connectivity index (χ1v) is 9.10. The van der Waals surface area contributed by atoms with Gasteiger partial charge in [-0.05, 0) is 55.8 Å². The van der Waals surface area contributed by atoms with E-state index in [0.717, 1.165) is 10.5 Å². The second-order valence-electron chi connectivity index (χ2n) is 6.57. The van der Waals surface area contributed by atoms with E-state index < -0.39 is 36.2 Å². The third-order valence-corrected chi connectivity index (χ3v) is 4.85. The van der Waals surface area contributed by atoms with Crippen LogP contribution in [0, 0.1) is 5.82 Å². The summed E-state index contributed by atoms with van der Waals surface area (Å²) in [6.45, 7) is 2.97. The molecule has 0 bridgehead atoms. The van der Waals surface area contributed by atoms with Crippen LogP contribution >= 0.6 is 11.6 Å². The molecule has 2 aromatic rings. The van der Waals surface area contributed by atoms with Crippen molar-refractivity contribution in [1.29, 1.82) is 0 Å². The number of carbonyl (C=O) groups excluding carboxylic acids is 3. The van der Waals surface area contributed by atoms with Gasteiger partial charge in [-0.3, -0.25) is 19.4 Å². The van der Waals surface area contributed by atoms with Crippen molar-refractivity contribution in [2.24, 2.45) is 0 Å². The molecule has 2 aromatic carbocycles. The van der Waals surface area contributed by atoms with Gasteiger partial charge in [0, 0.05) is 10.7 Å². The molecule has 146 valence electrons. The Morgan fingerprint density at radius 2 is 1.75 bits per heavy atom. The van der Waals surface area contributed by atoms with Gasteiger partial charge >= 0.3 is 6.03 Å².